The topological polar surface area (TPSA) is 52.6 Å². The number of benzene rings is 1. The van der Waals surface area contributed by atoms with E-state index in [0.717, 1.165) is 31.4 Å². The fourth-order valence-corrected chi connectivity index (χ4v) is 2.01. The Morgan fingerprint density at radius 1 is 0.920 bits per heavy atom. The summed E-state index contributed by atoms with van der Waals surface area (Å²) >= 11 is 0. The van der Waals surface area contributed by atoms with Gasteiger partial charge in [-0.05, 0) is 30.5 Å². The molecule has 0 aliphatic carbocycles. The van der Waals surface area contributed by atoms with Gasteiger partial charge in [-0.25, -0.2) is 0 Å². The lowest BCUT2D eigenvalue weighted by atomic mass is 10.1. The molecule has 0 unspecified atom stereocenters. The summed E-state index contributed by atoms with van der Waals surface area (Å²) in [7, 11) is 0. The molecule has 0 atom stereocenters. The highest BCUT2D eigenvalue weighted by molar-refractivity contribution is 5.72. The second-order valence-corrected chi connectivity index (χ2v) is 5.64. The van der Waals surface area contributed by atoms with E-state index in [-0.39, 0.29) is 25.4 Å². The van der Waals surface area contributed by atoms with Crippen LogP contribution in [0.25, 0.3) is 0 Å². The minimum atomic E-state index is -4.39. The standard InChI is InChI=1S/C18H23F3O4/c1-2-3-4-12-24-16(22)6-5-7-17(23)25-13-14-8-10-15(11-9-14)18(19,20)21/h8-11H,2-7,12-13H2,1H3. The third kappa shape index (κ3) is 9.12. The van der Waals surface area contributed by atoms with Crippen molar-refractivity contribution >= 4 is 11.9 Å². The van der Waals surface area contributed by atoms with Crippen LogP contribution in [0.1, 0.15) is 56.6 Å². The van der Waals surface area contributed by atoms with Crippen molar-refractivity contribution < 1.29 is 32.2 Å². The van der Waals surface area contributed by atoms with Gasteiger partial charge in [0.25, 0.3) is 0 Å². The summed E-state index contributed by atoms with van der Waals surface area (Å²) in [5, 5.41) is 0. The van der Waals surface area contributed by atoms with Gasteiger partial charge >= 0.3 is 18.1 Å². The highest BCUT2D eigenvalue weighted by Crippen LogP contribution is 2.29. The average molecular weight is 360 g/mol. The van der Waals surface area contributed by atoms with Crippen molar-refractivity contribution in [3.05, 3.63) is 35.4 Å². The first-order chi connectivity index (χ1) is 11.8. The van der Waals surface area contributed by atoms with E-state index >= 15 is 0 Å². The number of carbonyl (C=O) groups is 2. The van der Waals surface area contributed by atoms with Gasteiger partial charge in [-0.1, -0.05) is 31.9 Å². The van der Waals surface area contributed by atoms with Crippen molar-refractivity contribution in [2.75, 3.05) is 6.61 Å². The molecule has 0 heterocycles. The van der Waals surface area contributed by atoms with Crippen LogP contribution in [-0.2, 0) is 31.8 Å². The third-order valence-electron chi connectivity index (χ3n) is 3.45. The Bertz CT molecular complexity index is 538. The van der Waals surface area contributed by atoms with Crippen molar-refractivity contribution in [2.45, 2.75) is 58.2 Å². The summed E-state index contributed by atoms with van der Waals surface area (Å²) in [4.78, 5) is 23.0. The number of alkyl halides is 3. The zero-order valence-electron chi connectivity index (χ0n) is 14.2. The Kier molecular flexibility index (Phi) is 9.02. The van der Waals surface area contributed by atoms with Gasteiger partial charge in [-0.15, -0.1) is 0 Å². The van der Waals surface area contributed by atoms with Gasteiger partial charge in [-0.2, -0.15) is 13.2 Å². The van der Waals surface area contributed by atoms with Gasteiger partial charge in [0.05, 0.1) is 12.2 Å². The maximum Gasteiger partial charge on any atom is 0.416 e. The highest BCUT2D eigenvalue weighted by atomic mass is 19.4. The first-order valence-electron chi connectivity index (χ1n) is 8.30. The molecule has 1 aromatic carbocycles. The first-order valence-corrected chi connectivity index (χ1v) is 8.30. The maximum absolute atomic E-state index is 12.4. The minimum Gasteiger partial charge on any atom is -0.466 e. The molecule has 4 nitrogen and oxygen atoms in total. The van der Waals surface area contributed by atoms with E-state index < -0.39 is 17.7 Å². The summed E-state index contributed by atoms with van der Waals surface area (Å²) in [6.07, 6.45) is -0.992. The molecular formula is C18H23F3O4. The lowest BCUT2D eigenvalue weighted by molar-refractivity contribution is -0.146. The van der Waals surface area contributed by atoms with Crippen LogP contribution in [-0.4, -0.2) is 18.5 Å². The number of ether oxygens (including phenoxy) is 2. The largest absolute Gasteiger partial charge is 0.466 e. The van der Waals surface area contributed by atoms with Crippen LogP contribution < -0.4 is 0 Å². The van der Waals surface area contributed by atoms with Crippen molar-refractivity contribution in [3.8, 4) is 0 Å². The second-order valence-electron chi connectivity index (χ2n) is 5.64. The van der Waals surface area contributed by atoms with Crippen molar-refractivity contribution in [1.82, 2.24) is 0 Å². The van der Waals surface area contributed by atoms with E-state index in [1.54, 1.807) is 0 Å². The molecule has 140 valence electrons. The summed E-state index contributed by atoms with van der Waals surface area (Å²) in [6, 6.07) is 4.42. The molecule has 0 N–H and O–H groups in total. The van der Waals surface area contributed by atoms with E-state index in [2.05, 4.69) is 6.92 Å². The molecule has 1 rings (SSSR count). The van der Waals surface area contributed by atoms with Gasteiger partial charge < -0.3 is 9.47 Å². The molecule has 0 aliphatic heterocycles. The van der Waals surface area contributed by atoms with E-state index in [1.165, 1.54) is 12.1 Å². The molecular weight excluding hydrogens is 337 g/mol. The average Bonchev–Trinajstić information content (AvgIpc) is 2.56. The Hall–Kier alpha value is -2.05. The zero-order chi connectivity index (χ0) is 18.7. The summed E-state index contributed by atoms with van der Waals surface area (Å²) in [5.41, 5.74) is -0.281. The van der Waals surface area contributed by atoms with E-state index in [9.17, 15) is 22.8 Å². The number of halogens is 3. The third-order valence-corrected chi connectivity index (χ3v) is 3.45. The molecule has 0 saturated heterocycles. The summed E-state index contributed by atoms with van der Waals surface area (Å²) in [5.74, 6) is -0.842. The molecule has 0 radical (unpaired) electrons. The summed E-state index contributed by atoms with van der Waals surface area (Å²) < 4.78 is 47.3. The molecule has 0 spiro atoms. The fraction of sp³-hybridized carbons (Fsp3) is 0.556. The van der Waals surface area contributed by atoms with Crippen molar-refractivity contribution in [1.29, 1.82) is 0 Å². The van der Waals surface area contributed by atoms with Crippen LogP contribution in [0.15, 0.2) is 24.3 Å². The molecule has 7 heteroatoms. The Morgan fingerprint density at radius 3 is 2.08 bits per heavy atom. The van der Waals surface area contributed by atoms with Crippen LogP contribution in [0, 0.1) is 0 Å². The molecule has 0 bridgehead atoms. The van der Waals surface area contributed by atoms with Crippen molar-refractivity contribution in [3.63, 3.8) is 0 Å². The van der Waals surface area contributed by atoms with Gasteiger partial charge in [0.1, 0.15) is 6.61 Å². The fourth-order valence-electron chi connectivity index (χ4n) is 2.01. The number of rotatable bonds is 10. The lowest BCUT2D eigenvalue weighted by Crippen LogP contribution is -2.09. The molecule has 25 heavy (non-hydrogen) atoms. The van der Waals surface area contributed by atoms with Crippen LogP contribution in [0.4, 0.5) is 13.2 Å². The SMILES string of the molecule is CCCCCOC(=O)CCCC(=O)OCc1ccc(C(F)(F)F)cc1. The predicted molar refractivity (Wildman–Crippen MR) is 85.6 cm³/mol. The van der Waals surface area contributed by atoms with Gasteiger partial charge in [-0.3, -0.25) is 9.59 Å². The minimum absolute atomic E-state index is 0.0602. The first kappa shape index (κ1) is 21.0. The Morgan fingerprint density at radius 2 is 1.52 bits per heavy atom. The summed E-state index contributed by atoms with van der Waals surface area (Å²) in [6.45, 7) is 2.35. The smallest absolute Gasteiger partial charge is 0.416 e. The Labute approximate surface area is 145 Å². The van der Waals surface area contributed by atoms with E-state index in [0.29, 0.717) is 18.6 Å². The molecule has 0 saturated carbocycles. The monoisotopic (exact) mass is 360 g/mol. The molecule has 0 amide bonds. The van der Waals surface area contributed by atoms with Crippen LogP contribution in [0.5, 0.6) is 0 Å². The number of esters is 2. The number of hydrogen-bond donors (Lipinski definition) is 0. The molecule has 0 fully saturated rings. The highest BCUT2D eigenvalue weighted by Gasteiger charge is 2.29. The zero-order valence-corrected chi connectivity index (χ0v) is 14.2. The maximum atomic E-state index is 12.4. The quantitative estimate of drug-likeness (QED) is 0.450. The van der Waals surface area contributed by atoms with Gasteiger partial charge in [0.15, 0.2) is 0 Å². The van der Waals surface area contributed by atoms with Crippen LogP contribution >= 0.6 is 0 Å². The van der Waals surface area contributed by atoms with E-state index in [1.807, 2.05) is 0 Å². The molecule has 0 aliphatic rings. The van der Waals surface area contributed by atoms with Crippen LogP contribution in [0.2, 0.25) is 0 Å². The second kappa shape index (κ2) is 10.7. The predicted octanol–water partition coefficient (Wildman–Crippen LogP) is 4.65. The molecule has 0 aromatic heterocycles. The van der Waals surface area contributed by atoms with E-state index in [4.69, 9.17) is 9.47 Å². The lowest BCUT2D eigenvalue weighted by Gasteiger charge is -2.08. The number of hydrogen-bond acceptors (Lipinski definition) is 4. The molecule has 1 aromatic rings. The Balaban J connectivity index is 2.19. The van der Waals surface area contributed by atoms with Gasteiger partial charge in [0, 0.05) is 12.8 Å². The normalized spacial score (nSPS) is 11.2. The number of unbranched alkanes of at least 4 members (excludes halogenated alkanes) is 2. The number of carbonyl (C=O) groups excluding carboxylic acids is 2. The van der Waals surface area contributed by atoms with Gasteiger partial charge in [0.2, 0.25) is 0 Å². The van der Waals surface area contributed by atoms with Crippen LogP contribution in [0.3, 0.4) is 0 Å². The van der Waals surface area contributed by atoms with Crippen molar-refractivity contribution in [2.24, 2.45) is 0 Å².